The fraction of sp³-hybridized carbons (Fsp3) is 0.462. The summed E-state index contributed by atoms with van der Waals surface area (Å²) in [5.41, 5.74) is 0.751. The Balaban J connectivity index is 1.43. The first kappa shape index (κ1) is 24.1. The first-order chi connectivity index (χ1) is 16.4. The summed E-state index contributed by atoms with van der Waals surface area (Å²) in [6, 6.07) is 11.8. The van der Waals surface area contributed by atoms with Gasteiger partial charge in [0.15, 0.2) is 0 Å². The van der Waals surface area contributed by atoms with Crippen molar-refractivity contribution in [1.29, 1.82) is 0 Å². The highest BCUT2D eigenvalue weighted by Crippen LogP contribution is 2.27. The van der Waals surface area contributed by atoms with Crippen molar-refractivity contribution in [3.63, 3.8) is 0 Å². The molecule has 182 valence electrons. The van der Waals surface area contributed by atoms with Crippen molar-refractivity contribution < 1.29 is 23.1 Å². The third kappa shape index (κ3) is 6.32. The van der Waals surface area contributed by atoms with E-state index in [1.807, 2.05) is 11.9 Å². The van der Waals surface area contributed by atoms with Gasteiger partial charge in [0.2, 0.25) is 11.8 Å². The lowest BCUT2D eigenvalue weighted by molar-refractivity contribution is -0.139. The summed E-state index contributed by atoms with van der Waals surface area (Å²) in [5, 5.41) is 0. The van der Waals surface area contributed by atoms with Crippen LogP contribution < -0.4 is 4.74 Å². The van der Waals surface area contributed by atoms with Gasteiger partial charge in [-0.3, -0.25) is 9.59 Å². The van der Waals surface area contributed by atoms with Crippen LogP contribution in [0, 0.1) is 17.6 Å². The quantitative estimate of drug-likeness (QED) is 0.650. The van der Waals surface area contributed by atoms with Crippen LogP contribution in [0.15, 0.2) is 48.5 Å². The van der Waals surface area contributed by atoms with Gasteiger partial charge in [-0.1, -0.05) is 12.1 Å². The maximum absolute atomic E-state index is 13.3. The number of carbonyl (C=O) groups excluding carboxylic acids is 2. The van der Waals surface area contributed by atoms with E-state index in [1.165, 1.54) is 24.3 Å². The molecule has 6 nitrogen and oxygen atoms in total. The molecule has 2 aromatic carbocycles. The molecule has 8 heteroatoms. The summed E-state index contributed by atoms with van der Waals surface area (Å²) in [6.07, 6.45) is 0.795. The molecule has 2 atom stereocenters. The van der Waals surface area contributed by atoms with E-state index in [0.29, 0.717) is 38.3 Å². The summed E-state index contributed by atoms with van der Waals surface area (Å²) < 4.78 is 32.7. The fourth-order valence-electron chi connectivity index (χ4n) is 4.57. The van der Waals surface area contributed by atoms with E-state index in [-0.39, 0.29) is 48.3 Å². The standard InChI is InChI=1S/C26H31F2N3O3/c1-29-12-14-30(15-13-29)26(33)17-20-18-31(25(32)16-19-2-4-21(27)5-3-19)11-10-24(20)34-23-8-6-22(28)7-9-23/h2-9,20,24H,10-18H2,1H3/t20-,24-/m0/s1. The number of hydrogen-bond acceptors (Lipinski definition) is 4. The molecule has 2 fully saturated rings. The first-order valence-corrected chi connectivity index (χ1v) is 11.8. The average Bonchev–Trinajstić information content (AvgIpc) is 2.83. The summed E-state index contributed by atoms with van der Waals surface area (Å²) in [6.45, 7) is 3.98. The van der Waals surface area contributed by atoms with Gasteiger partial charge in [0.1, 0.15) is 23.5 Å². The van der Waals surface area contributed by atoms with Crippen LogP contribution in [0.1, 0.15) is 18.4 Å². The van der Waals surface area contributed by atoms with Gasteiger partial charge in [-0.2, -0.15) is 0 Å². The average molecular weight is 472 g/mol. The molecule has 34 heavy (non-hydrogen) atoms. The van der Waals surface area contributed by atoms with E-state index in [1.54, 1.807) is 29.2 Å². The van der Waals surface area contributed by atoms with Crippen LogP contribution in [-0.4, -0.2) is 78.9 Å². The second kappa shape index (κ2) is 11.0. The third-order valence-corrected chi connectivity index (χ3v) is 6.68. The smallest absolute Gasteiger partial charge is 0.227 e. The van der Waals surface area contributed by atoms with Gasteiger partial charge in [-0.15, -0.1) is 0 Å². The topological polar surface area (TPSA) is 53.1 Å². The van der Waals surface area contributed by atoms with E-state index in [4.69, 9.17) is 4.74 Å². The molecule has 0 saturated carbocycles. The Morgan fingerprint density at radius 1 is 0.853 bits per heavy atom. The number of likely N-dealkylation sites (tertiary alicyclic amines) is 1. The zero-order chi connectivity index (χ0) is 24.1. The van der Waals surface area contributed by atoms with Crippen LogP contribution in [-0.2, 0) is 16.0 Å². The lowest BCUT2D eigenvalue weighted by Gasteiger charge is -2.40. The lowest BCUT2D eigenvalue weighted by Crippen LogP contribution is -2.51. The maximum Gasteiger partial charge on any atom is 0.227 e. The Bertz CT molecular complexity index is 976. The van der Waals surface area contributed by atoms with Gasteiger partial charge in [0.05, 0.1) is 6.42 Å². The monoisotopic (exact) mass is 471 g/mol. The Morgan fingerprint density at radius 3 is 2.12 bits per heavy atom. The summed E-state index contributed by atoms with van der Waals surface area (Å²) in [7, 11) is 2.04. The second-order valence-corrected chi connectivity index (χ2v) is 9.19. The van der Waals surface area contributed by atoms with Crippen molar-refractivity contribution >= 4 is 11.8 Å². The molecule has 2 aliphatic heterocycles. The SMILES string of the molecule is CN1CCN(C(=O)C[C@H]2CN(C(=O)Cc3ccc(F)cc3)CC[C@@H]2Oc2ccc(F)cc2)CC1. The predicted octanol–water partition coefficient (Wildman–Crippen LogP) is 2.97. The molecule has 0 aromatic heterocycles. The Hall–Kier alpha value is -3.00. The number of likely N-dealkylation sites (N-methyl/N-ethyl adjacent to an activating group) is 1. The first-order valence-electron chi connectivity index (χ1n) is 11.8. The summed E-state index contributed by atoms with van der Waals surface area (Å²) in [5.74, 6) is -0.284. The minimum atomic E-state index is -0.338. The van der Waals surface area contributed by atoms with E-state index in [9.17, 15) is 18.4 Å². The molecule has 2 saturated heterocycles. The van der Waals surface area contributed by atoms with Crippen LogP contribution in [0.2, 0.25) is 0 Å². The van der Waals surface area contributed by atoms with Gasteiger partial charge in [-0.25, -0.2) is 8.78 Å². The molecule has 2 heterocycles. The van der Waals surface area contributed by atoms with Crippen LogP contribution >= 0.6 is 0 Å². The highest BCUT2D eigenvalue weighted by atomic mass is 19.1. The van der Waals surface area contributed by atoms with E-state index in [0.717, 1.165) is 18.7 Å². The number of piperidine rings is 1. The molecule has 2 aromatic rings. The fourth-order valence-corrected chi connectivity index (χ4v) is 4.57. The van der Waals surface area contributed by atoms with Crippen molar-refractivity contribution in [3.05, 3.63) is 65.7 Å². The number of piperazine rings is 1. The van der Waals surface area contributed by atoms with Gasteiger partial charge in [0, 0.05) is 58.0 Å². The number of nitrogens with zero attached hydrogens (tertiary/aromatic N) is 3. The van der Waals surface area contributed by atoms with Crippen molar-refractivity contribution in [2.75, 3.05) is 46.3 Å². The second-order valence-electron chi connectivity index (χ2n) is 9.19. The molecule has 0 radical (unpaired) electrons. The zero-order valence-electron chi connectivity index (χ0n) is 19.5. The van der Waals surface area contributed by atoms with Gasteiger partial charge < -0.3 is 19.4 Å². The molecule has 2 amide bonds. The Labute approximate surface area is 199 Å². The van der Waals surface area contributed by atoms with Crippen LogP contribution in [0.3, 0.4) is 0 Å². The molecule has 4 rings (SSSR count). The predicted molar refractivity (Wildman–Crippen MR) is 124 cm³/mol. The molecule has 0 N–H and O–H groups in total. The summed E-state index contributed by atoms with van der Waals surface area (Å²) in [4.78, 5) is 31.9. The molecule has 2 aliphatic rings. The van der Waals surface area contributed by atoms with Crippen LogP contribution in [0.5, 0.6) is 5.75 Å². The highest BCUT2D eigenvalue weighted by molar-refractivity contribution is 5.79. The maximum atomic E-state index is 13.3. The number of benzene rings is 2. The molecule has 0 bridgehead atoms. The van der Waals surface area contributed by atoms with E-state index < -0.39 is 0 Å². The number of carbonyl (C=O) groups is 2. The zero-order valence-corrected chi connectivity index (χ0v) is 19.5. The minimum Gasteiger partial charge on any atom is -0.490 e. The largest absolute Gasteiger partial charge is 0.490 e. The minimum absolute atomic E-state index is 0.0520. The number of hydrogen-bond donors (Lipinski definition) is 0. The molecule has 0 unspecified atom stereocenters. The summed E-state index contributed by atoms with van der Waals surface area (Å²) >= 11 is 0. The third-order valence-electron chi connectivity index (χ3n) is 6.68. The van der Waals surface area contributed by atoms with Crippen molar-refractivity contribution in [2.24, 2.45) is 5.92 Å². The van der Waals surface area contributed by atoms with Crippen LogP contribution in [0.4, 0.5) is 8.78 Å². The van der Waals surface area contributed by atoms with Gasteiger partial charge in [-0.05, 0) is 49.0 Å². The van der Waals surface area contributed by atoms with Gasteiger partial charge in [0.25, 0.3) is 0 Å². The Morgan fingerprint density at radius 2 is 1.47 bits per heavy atom. The number of rotatable bonds is 6. The van der Waals surface area contributed by atoms with Crippen LogP contribution in [0.25, 0.3) is 0 Å². The number of ether oxygens (including phenoxy) is 1. The Kier molecular flexibility index (Phi) is 7.77. The molecule has 0 spiro atoms. The number of amides is 2. The highest BCUT2D eigenvalue weighted by Gasteiger charge is 2.35. The number of halogens is 2. The van der Waals surface area contributed by atoms with Gasteiger partial charge >= 0.3 is 0 Å². The van der Waals surface area contributed by atoms with Crippen molar-refractivity contribution in [3.8, 4) is 5.75 Å². The van der Waals surface area contributed by atoms with E-state index in [2.05, 4.69) is 4.90 Å². The normalized spacial score (nSPS) is 21.4. The van der Waals surface area contributed by atoms with E-state index >= 15 is 0 Å². The molecular formula is C26H31F2N3O3. The molecular weight excluding hydrogens is 440 g/mol. The molecule has 0 aliphatic carbocycles. The lowest BCUT2D eigenvalue weighted by atomic mass is 9.90. The van der Waals surface area contributed by atoms with Crippen molar-refractivity contribution in [2.45, 2.75) is 25.4 Å². The van der Waals surface area contributed by atoms with Crippen molar-refractivity contribution in [1.82, 2.24) is 14.7 Å².